The van der Waals surface area contributed by atoms with Gasteiger partial charge in [-0.1, -0.05) is 91.0 Å². The molecule has 0 amide bonds. The Hall–Kier alpha value is -7.78. The Labute approximate surface area is 334 Å². The second-order valence-corrected chi connectivity index (χ2v) is 15.0. The summed E-state index contributed by atoms with van der Waals surface area (Å²) in [7, 11) is 0. The fourth-order valence-electron chi connectivity index (χ4n) is 8.87. The highest BCUT2D eigenvalue weighted by Crippen LogP contribution is 2.44. The number of fused-ring (bicyclic) bond motifs is 17. The molecule has 12 rings (SSSR count). The first-order chi connectivity index (χ1) is 28.8. The van der Waals surface area contributed by atoms with Crippen LogP contribution in [0.15, 0.2) is 164 Å². The van der Waals surface area contributed by atoms with Crippen LogP contribution in [-0.2, 0) is 6.18 Å². The van der Waals surface area contributed by atoms with Crippen molar-refractivity contribution in [2.24, 2.45) is 0 Å². The summed E-state index contributed by atoms with van der Waals surface area (Å²) in [6, 6.07) is 51.0. The van der Waals surface area contributed by atoms with E-state index in [2.05, 4.69) is 64.0 Å². The first-order valence-electron chi connectivity index (χ1n) is 19.1. The first-order valence-corrected chi connectivity index (χ1v) is 19.1. The van der Waals surface area contributed by atoms with Gasteiger partial charge in [0.25, 0.3) is 0 Å². The van der Waals surface area contributed by atoms with Gasteiger partial charge < -0.3 is 5.11 Å². The summed E-state index contributed by atoms with van der Waals surface area (Å²) in [5.41, 5.74) is 12.4. The average Bonchev–Trinajstić information content (AvgIpc) is 3.96. The minimum atomic E-state index is -4.73. The first kappa shape index (κ1) is 33.4. The molecule has 11 aromatic rings. The van der Waals surface area contributed by atoms with Gasteiger partial charge in [0.2, 0.25) is 5.82 Å². The van der Waals surface area contributed by atoms with E-state index in [-0.39, 0.29) is 16.8 Å². The fraction of sp³-hybridized carbons (Fsp3) is 0.0200. The van der Waals surface area contributed by atoms with Crippen molar-refractivity contribution >= 4 is 38.4 Å². The second kappa shape index (κ2) is 12.1. The number of rotatable bonds is 2. The number of benzene rings is 7. The molecule has 10 bridgehead atoms. The predicted octanol–water partition coefficient (Wildman–Crippen LogP) is 12.9. The number of halogens is 3. The number of para-hydroxylation sites is 2. The van der Waals surface area contributed by atoms with E-state index >= 15 is 0 Å². The highest BCUT2D eigenvalue weighted by molar-refractivity contribution is 6.17. The van der Waals surface area contributed by atoms with E-state index in [9.17, 15) is 18.3 Å². The number of imidazole rings is 2. The van der Waals surface area contributed by atoms with Crippen LogP contribution in [0.4, 0.5) is 13.2 Å². The molecule has 0 fully saturated rings. The van der Waals surface area contributed by atoms with Gasteiger partial charge in [-0.2, -0.15) is 13.2 Å². The van der Waals surface area contributed by atoms with E-state index in [4.69, 9.17) is 9.97 Å². The van der Waals surface area contributed by atoms with Gasteiger partial charge in [-0.3, -0.25) is 14.0 Å². The van der Waals surface area contributed by atoms with Crippen molar-refractivity contribution in [1.82, 2.24) is 23.9 Å². The lowest BCUT2D eigenvalue weighted by Gasteiger charge is -2.15. The van der Waals surface area contributed by atoms with Crippen LogP contribution in [0.2, 0.25) is 0 Å². The maximum atomic E-state index is 14.8. The van der Waals surface area contributed by atoms with E-state index in [0.717, 1.165) is 71.8 Å². The van der Waals surface area contributed by atoms with Gasteiger partial charge in [0.1, 0.15) is 17.1 Å². The van der Waals surface area contributed by atoms with Crippen LogP contribution in [0, 0.1) is 0 Å². The summed E-state index contributed by atoms with van der Waals surface area (Å²) in [5.74, 6) is -0.274. The number of nitrogens with zero attached hydrogens (tertiary/aromatic N) is 5. The predicted molar refractivity (Wildman–Crippen MR) is 227 cm³/mol. The van der Waals surface area contributed by atoms with E-state index in [0.29, 0.717) is 28.3 Å². The maximum Gasteiger partial charge on any atom is 0.450 e. The quantitative estimate of drug-likeness (QED) is 0.190. The lowest BCUT2D eigenvalue weighted by molar-refractivity contribution is -0.145. The molecule has 4 aromatic heterocycles. The topological polar surface area (TPSA) is 68.2 Å². The van der Waals surface area contributed by atoms with Crippen LogP contribution < -0.4 is 0 Å². The summed E-state index contributed by atoms with van der Waals surface area (Å²) in [6.07, 6.45) is -3.31. The van der Waals surface area contributed by atoms with Crippen molar-refractivity contribution in [1.29, 1.82) is 0 Å². The molecule has 0 spiro atoms. The zero-order valence-electron chi connectivity index (χ0n) is 30.9. The Kier molecular flexibility index (Phi) is 6.85. The zero-order chi connectivity index (χ0) is 39.6. The molecular formula is C50H28F3N5O. The number of phenols is 1. The number of hydrogen-bond donors (Lipinski definition) is 1. The van der Waals surface area contributed by atoms with Gasteiger partial charge in [0, 0.05) is 27.6 Å². The molecule has 0 unspecified atom stereocenters. The Morgan fingerprint density at radius 1 is 0.508 bits per heavy atom. The third-order valence-corrected chi connectivity index (χ3v) is 11.5. The smallest absolute Gasteiger partial charge is 0.450 e. The molecule has 0 saturated heterocycles. The monoisotopic (exact) mass is 771 g/mol. The number of aromatic nitrogens is 5. The third-order valence-electron chi connectivity index (χ3n) is 11.5. The number of hydrogen-bond acceptors (Lipinski definition) is 4. The molecular weight excluding hydrogens is 744 g/mol. The molecule has 280 valence electrons. The summed E-state index contributed by atoms with van der Waals surface area (Å²) in [5, 5.41) is 13.2. The summed E-state index contributed by atoms with van der Waals surface area (Å²) >= 11 is 0. The highest BCUT2D eigenvalue weighted by Gasteiger charge is 2.38. The Bertz CT molecular complexity index is 3530. The van der Waals surface area contributed by atoms with E-state index in [1.54, 1.807) is 36.4 Å². The molecule has 5 heterocycles. The molecule has 1 aliphatic heterocycles. The molecule has 9 heteroatoms. The van der Waals surface area contributed by atoms with Crippen molar-refractivity contribution in [2.45, 2.75) is 6.18 Å². The van der Waals surface area contributed by atoms with Gasteiger partial charge in [-0.25, -0.2) is 9.97 Å². The molecule has 0 saturated carbocycles. The summed E-state index contributed by atoms with van der Waals surface area (Å²) in [6.45, 7) is 0. The van der Waals surface area contributed by atoms with Gasteiger partial charge in [0.05, 0.1) is 39.5 Å². The van der Waals surface area contributed by atoms with Crippen LogP contribution in [0.25, 0.3) is 111 Å². The van der Waals surface area contributed by atoms with Crippen LogP contribution in [-0.4, -0.2) is 29.0 Å². The van der Waals surface area contributed by atoms with Gasteiger partial charge in [-0.15, -0.1) is 0 Å². The van der Waals surface area contributed by atoms with Gasteiger partial charge >= 0.3 is 6.18 Å². The van der Waals surface area contributed by atoms with E-state index in [1.165, 1.54) is 10.8 Å². The van der Waals surface area contributed by atoms with Crippen LogP contribution >= 0.6 is 0 Å². The van der Waals surface area contributed by atoms with Gasteiger partial charge in [-0.05, 0) is 106 Å². The Morgan fingerprint density at radius 3 is 1.92 bits per heavy atom. The summed E-state index contributed by atoms with van der Waals surface area (Å²) in [4.78, 5) is 14.1. The molecule has 59 heavy (non-hydrogen) atoms. The van der Waals surface area contributed by atoms with Crippen molar-refractivity contribution in [2.75, 3.05) is 0 Å². The maximum absolute atomic E-state index is 14.8. The van der Waals surface area contributed by atoms with Crippen molar-refractivity contribution < 1.29 is 18.3 Å². The summed E-state index contributed by atoms with van der Waals surface area (Å²) < 4.78 is 47.8. The second-order valence-electron chi connectivity index (χ2n) is 15.0. The molecule has 6 nitrogen and oxygen atoms in total. The lowest BCUT2D eigenvalue weighted by atomic mass is 9.92. The Balaban J connectivity index is 1.17. The number of phenolic OH excluding ortho intramolecular Hbond substituents is 1. The SMILES string of the molecule is Oc1ccccc1-c1nc2c(-c3cc4cc(c3)-c3cc5c(cn3)nc(C(F)(F)F)n5-c3cccc(c3)-c3cccc(c3)-c3cccc-4c3)ccc3c4ccccc4n1c23. The average molecular weight is 772 g/mol. The largest absolute Gasteiger partial charge is 0.507 e. The standard InChI is InChI=1S/C50H28F3N5O/c51-50(52,53)49-55-42-27-54-41-26-44(42)57(49)36-13-7-12-32(25-36)30-10-5-8-28(20-30)29-9-6-11-31(21-29)33-22-34(24-35(41)23-33)37-18-19-39-38-14-1-3-16-43(38)58-47(39)46(37)56-48(58)40-15-2-4-17-45(40)59/h1-27,59H. The number of aromatic hydroxyl groups is 1. The number of alkyl halides is 3. The molecule has 0 radical (unpaired) electrons. The van der Waals surface area contributed by atoms with Crippen LogP contribution in [0.5, 0.6) is 5.75 Å². The zero-order valence-corrected chi connectivity index (χ0v) is 30.9. The highest BCUT2D eigenvalue weighted by atomic mass is 19.4. The Morgan fingerprint density at radius 2 is 1.15 bits per heavy atom. The van der Waals surface area contributed by atoms with E-state index < -0.39 is 12.0 Å². The van der Waals surface area contributed by atoms with Crippen molar-refractivity contribution in [3.63, 3.8) is 0 Å². The van der Waals surface area contributed by atoms with Crippen LogP contribution in [0.3, 0.4) is 0 Å². The third kappa shape index (κ3) is 5.04. The molecule has 1 aliphatic rings. The minimum Gasteiger partial charge on any atom is -0.507 e. The number of pyridine rings is 1. The molecule has 1 N–H and O–H groups in total. The lowest BCUT2D eigenvalue weighted by Crippen LogP contribution is -2.13. The molecule has 7 aromatic carbocycles. The fourth-order valence-corrected chi connectivity index (χ4v) is 8.87. The van der Waals surface area contributed by atoms with Crippen molar-refractivity contribution in [3.05, 3.63) is 170 Å². The van der Waals surface area contributed by atoms with Crippen LogP contribution in [0.1, 0.15) is 5.82 Å². The molecule has 0 atom stereocenters. The normalized spacial score (nSPS) is 12.4. The van der Waals surface area contributed by atoms with Crippen molar-refractivity contribution in [3.8, 4) is 78.6 Å². The molecule has 0 aliphatic carbocycles. The minimum absolute atomic E-state index is 0.127. The van der Waals surface area contributed by atoms with Gasteiger partial charge in [0.15, 0.2) is 0 Å². The van der Waals surface area contributed by atoms with E-state index in [1.807, 2.05) is 66.7 Å².